The monoisotopic (exact) mass is 250 g/mol. The van der Waals surface area contributed by atoms with Crippen LogP contribution in [0, 0.1) is 5.92 Å². The number of carbonyl (C=O) groups is 1. The number of Topliss-reactive ketones (excluding diaryl/α,β-unsaturated/α-hetero) is 1. The predicted octanol–water partition coefficient (Wildman–Crippen LogP) is 2.64. The van der Waals surface area contributed by atoms with E-state index >= 15 is 0 Å². The van der Waals surface area contributed by atoms with Crippen LogP contribution < -0.4 is 0 Å². The third kappa shape index (κ3) is 2.39. The largest absolute Gasteiger partial charge is 0.381 e. The van der Waals surface area contributed by atoms with Crippen LogP contribution in [0.15, 0.2) is 11.6 Å². The summed E-state index contributed by atoms with van der Waals surface area (Å²) in [7, 11) is 0. The van der Waals surface area contributed by atoms with Crippen molar-refractivity contribution in [2.24, 2.45) is 5.92 Å². The molecule has 0 aromatic carbocycles. The summed E-state index contributed by atoms with van der Waals surface area (Å²) in [6.07, 6.45) is 9.10. The van der Waals surface area contributed by atoms with Crippen LogP contribution in [0.5, 0.6) is 0 Å². The molecule has 3 heteroatoms. The smallest absolute Gasteiger partial charge is 0.161 e. The van der Waals surface area contributed by atoms with E-state index < -0.39 is 0 Å². The summed E-state index contributed by atoms with van der Waals surface area (Å²) in [5, 5.41) is 0. The molecule has 0 aromatic heterocycles. The van der Waals surface area contributed by atoms with Gasteiger partial charge in [0.2, 0.25) is 0 Å². The summed E-state index contributed by atoms with van der Waals surface area (Å²) in [4.78, 5) is 12.5. The molecule has 2 heterocycles. The maximum atomic E-state index is 12.5. The van der Waals surface area contributed by atoms with E-state index in [0.29, 0.717) is 5.78 Å². The molecule has 0 N–H and O–H groups in total. The number of ether oxygens (including phenoxy) is 2. The Morgan fingerprint density at radius 2 is 2.11 bits per heavy atom. The lowest BCUT2D eigenvalue weighted by Crippen LogP contribution is -2.46. The fourth-order valence-corrected chi connectivity index (χ4v) is 3.50. The summed E-state index contributed by atoms with van der Waals surface area (Å²) < 4.78 is 11.4. The molecule has 1 aliphatic carbocycles. The van der Waals surface area contributed by atoms with Crippen molar-refractivity contribution in [3.63, 3.8) is 0 Å². The minimum Gasteiger partial charge on any atom is -0.381 e. The van der Waals surface area contributed by atoms with Crippen molar-refractivity contribution in [1.82, 2.24) is 0 Å². The predicted molar refractivity (Wildman–Crippen MR) is 68.4 cm³/mol. The first-order valence-corrected chi connectivity index (χ1v) is 7.24. The van der Waals surface area contributed by atoms with Gasteiger partial charge in [0.25, 0.3) is 0 Å². The molecule has 2 saturated heterocycles. The second kappa shape index (κ2) is 5.14. The molecule has 0 radical (unpaired) electrons. The highest BCUT2D eigenvalue weighted by atomic mass is 16.5. The van der Waals surface area contributed by atoms with Gasteiger partial charge in [-0.2, -0.15) is 0 Å². The van der Waals surface area contributed by atoms with Gasteiger partial charge in [0, 0.05) is 25.7 Å². The zero-order chi connectivity index (χ0) is 12.4. The van der Waals surface area contributed by atoms with E-state index in [9.17, 15) is 4.79 Å². The molecule has 0 aromatic rings. The van der Waals surface area contributed by atoms with E-state index in [4.69, 9.17) is 9.47 Å². The molecule has 0 bridgehead atoms. The van der Waals surface area contributed by atoms with Crippen LogP contribution >= 0.6 is 0 Å². The Hall–Kier alpha value is -0.670. The molecule has 3 nitrogen and oxygen atoms in total. The van der Waals surface area contributed by atoms with Crippen molar-refractivity contribution in [3.8, 4) is 0 Å². The lowest BCUT2D eigenvalue weighted by Gasteiger charge is -2.43. The molecular weight excluding hydrogens is 228 g/mol. The number of hydrogen-bond donors (Lipinski definition) is 0. The van der Waals surface area contributed by atoms with E-state index in [1.807, 2.05) is 0 Å². The Bertz CT molecular complexity index is 347. The van der Waals surface area contributed by atoms with Gasteiger partial charge in [0.15, 0.2) is 5.78 Å². The van der Waals surface area contributed by atoms with E-state index in [0.717, 1.165) is 70.3 Å². The highest BCUT2D eigenvalue weighted by Gasteiger charge is 2.41. The fraction of sp³-hybridized carbons (Fsp3) is 0.800. The first kappa shape index (κ1) is 12.4. The van der Waals surface area contributed by atoms with Crippen LogP contribution in [-0.4, -0.2) is 31.2 Å². The molecule has 3 aliphatic rings. The van der Waals surface area contributed by atoms with Gasteiger partial charge in [-0.3, -0.25) is 4.79 Å². The number of hydrogen-bond acceptors (Lipinski definition) is 3. The molecule has 0 saturated carbocycles. The second-order valence-corrected chi connectivity index (χ2v) is 5.82. The average Bonchev–Trinajstić information content (AvgIpc) is 2.93. The second-order valence-electron chi connectivity index (χ2n) is 5.82. The molecule has 1 spiro atoms. The van der Waals surface area contributed by atoms with Crippen LogP contribution in [0.4, 0.5) is 0 Å². The first-order chi connectivity index (χ1) is 8.79. The molecule has 18 heavy (non-hydrogen) atoms. The van der Waals surface area contributed by atoms with Crippen LogP contribution in [0.2, 0.25) is 0 Å². The molecule has 3 rings (SSSR count). The summed E-state index contributed by atoms with van der Waals surface area (Å²) >= 11 is 0. The van der Waals surface area contributed by atoms with Gasteiger partial charge in [-0.05, 0) is 50.5 Å². The molecular formula is C15H22O3. The van der Waals surface area contributed by atoms with Crippen molar-refractivity contribution in [3.05, 3.63) is 11.6 Å². The zero-order valence-corrected chi connectivity index (χ0v) is 11.0. The molecule has 2 aliphatic heterocycles. The third-order valence-electron chi connectivity index (χ3n) is 4.63. The Morgan fingerprint density at radius 1 is 1.28 bits per heavy atom. The topological polar surface area (TPSA) is 35.5 Å². The SMILES string of the molecule is O=C(C1=CCCC1)C1CCOC2(CCOCC2)C1. The van der Waals surface area contributed by atoms with E-state index in [2.05, 4.69) is 6.08 Å². The van der Waals surface area contributed by atoms with Gasteiger partial charge in [0.1, 0.15) is 0 Å². The van der Waals surface area contributed by atoms with E-state index in [1.165, 1.54) is 0 Å². The Labute approximate surface area is 109 Å². The van der Waals surface area contributed by atoms with Gasteiger partial charge in [-0.25, -0.2) is 0 Å². The van der Waals surface area contributed by atoms with Crippen LogP contribution in [-0.2, 0) is 14.3 Å². The average molecular weight is 250 g/mol. The molecule has 0 amide bonds. The summed E-state index contributed by atoms with van der Waals surface area (Å²) in [5.74, 6) is 0.600. The van der Waals surface area contributed by atoms with Crippen molar-refractivity contribution < 1.29 is 14.3 Å². The minimum absolute atomic E-state index is 0.0595. The number of carbonyl (C=O) groups excluding carboxylic acids is 1. The Kier molecular flexibility index (Phi) is 3.53. The lowest BCUT2D eigenvalue weighted by atomic mass is 9.78. The van der Waals surface area contributed by atoms with E-state index in [1.54, 1.807) is 0 Å². The van der Waals surface area contributed by atoms with Gasteiger partial charge in [0.05, 0.1) is 5.60 Å². The van der Waals surface area contributed by atoms with Gasteiger partial charge < -0.3 is 9.47 Å². The maximum absolute atomic E-state index is 12.5. The quantitative estimate of drug-likeness (QED) is 0.755. The van der Waals surface area contributed by atoms with Crippen molar-refractivity contribution in [2.75, 3.05) is 19.8 Å². The summed E-state index contributed by atoms with van der Waals surface area (Å²) in [6, 6.07) is 0. The van der Waals surface area contributed by atoms with Crippen molar-refractivity contribution in [2.45, 2.75) is 50.5 Å². The Morgan fingerprint density at radius 3 is 2.83 bits per heavy atom. The van der Waals surface area contributed by atoms with Crippen LogP contribution in [0.3, 0.4) is 0 Å². The molecule has 2 fully saturated rings. The van der Waals surface area contributed by atoms with Gasteiger partial charge >= 0.3 is 0 Å². The number of rotatable bonds is 2. The van der Waals surface area contributed by atoms with Gasteiger partial charge in [-0.15, -0.1) is 0 Å². The third-order valence-corrected chi connectivity index (χ3v) is 4.63. The maximum Gasteiger partial charge on any atom is 0.161 e. The minimum atomic E-state index is -0.0595. The van der Waals surface area contributed by atoms with Crippen LogP contribution in [0.25, 0.3) is 0 Å². The highest BCUT2D eigenvalue weighted by Crippen LogP contribution is 2.39. The molecule has 100 valence electrons. The van der Waals surface area contributed by atoms with Crippen molar-refractivity contribution in [1.29, 1.82) is 0 Å². The van der Waals surface area contributed by atoms with Crippen molar-refractivity contribution >= 4 is 5.78 Å². The molecule has 1 unspecified atom stereocenters. The Balaban J connectivity index is 1.67. The number of allylic oxidation sites excluding steroid dienone is 2. The number of ketones is 1. The van der Waals surface area contributed by atoms with Crippen LogP contribution in [0.1, 0.15) is 44.9 Å². The standard InChI is InChI=1S/C15H22O3/c16-14(12-3-1-2-4-12)13-5-8-18-15(11-13)6-9-17-10-7-15/h3,13H,1-2,4-11H2. The first-order valence-electron chi connectivity index (χ1n) is 7.24. The summed E-state index contributed by atoms with van der Waals surface area (Å²) in [6.45, 7) is 2.30. The van der Waals surface area contributed by atoms with E-state index in [-0.39, 0.29) is 11.5 Å². The molecule has 1 atom stereocenters. The normalized spacial score (nSPS) is 31.3. The lowest BCUT2D eigenvalue weighted by molar-refractivity contribution is -0.155. The van der Waals surface area contributed by atoms with Gasteiger partial charge in [-0.1, -0.05) is 6.08 Å². The fourth-order valence-electron chi connectivity index (χ4n) is 3.50. The summed E-state index contributed by atoms with van der Waals surface area (Å²) in [5.41, 5.74) is 1.03. The zero-order valence-electron chi connectivity index (χ0n) is 11.0. The highest BCUT2D eigenvalue weighted by molar-refractivity contribution is 5.97.